The molecule has 7 nitrogen and oxygen atoms in total. The predicted octanol–water partition coefficient (Wildman–Crippen LogP) is 4.12. The highest BCUT2D eigenvalue weighted by atomic mass is 16.5. The van der Waals surface area contributed by atoms with Crippen LogP contribution < -0.4 is 20.3 Å². The largest absolute Gasteiger partial charge is 0.497 e. The summed E-state index contributed by atoms with van der Waals surface area (Å²) >= 11 is 0. The number of likely N-dealkylation sites (N-methyl/N-ethyl adjacent to an activating group) is 1. The lowest BCUT2D eigenvalue weighted by Gasteiger charge is -2.35. The van der Waals surface area contributed by atoms with Crippen molar-refractivity contribution in [1.29, 1.82) is 0 Å². The Morgan fingerprint density at radius 3 is 2.34 bits per heavy atom. The van der Waals surface area contributed by atoms with Crippen molar-refractivity contribution < 1.29 is 9.53 Å². The van der Waals surface area contributed by atoms with E-state index in [2.05, 4.69) is 62.7 Å². The summed E-state index contributed by atoms with van der Waals surface area (Å²) in [6.45, 7) is 7.75. The summed E-state index contributed by atoms with van der Waals surface area (Å²) in [5.74, 6) is 1.39. The Morgan fingerprint density at radius 1 is 0.971 bits per heavy atom. The van der Waals surface area contributed by atoms with Gasteiger partial charge in [0.05, 0.1) is 7.11 Å². The fraction of sp³-hybridized carbons (Fsp3) is 0.357. The molecule has 0 radical (unpaired) electrons. The number of carbonyl (C=O) groups excluding carboxylic acids is 1. The Morgan fingerprint density at radius 2 is 1.71 bits per heavy atom. The van der Waals surface area contributed by atoms with Crippen LogP contribution in [0.2, 0.25) is 0 Å². The van der Waals surface area contributed by atoms with E-state index in [1.54, 1.807) is 20.2 Å². The number of amides is 1. The van der Waals surface area contributed by atoms with Crippen LogP contribution in [0.3, 0.4) is 0 Å². The minimum Gasteiger partial charge on any atom is -0.497 e. The number of aryl methyl sites for hydroxylation is 2. The van der Waals surface area contributed by atoms with Gasteiger partial charge in [0.15, 0.2) is 0 Å². The Hall–Kier alpha value is -3.58. The van der Waals surface area contributed by atoms with Gasteiger partial charge in [-0.3, -0.25) is 4.79 Å². The minimum atomic E-state index is -0.116. The van der Waals surface area contributed by atoms with E-state index in [9.17, 15) is 4.79 Å². The SMILES string of the molecule is CCN1CCN(c2ccc(Nc3ccc(CCc4cc(OC)cc(C(=O)NC)c4)cn3)cc2)CC1. The smallest absolute Gasteiger partial charge is 0.251 e. The van der Waals surface area contributed by atoms with E-state index in [1.807, 2.05) is 24.4 Å². The van der Waals surface area contributed by atoms with Gasteiger partial charge in [-0.1, -0.05) is 13.0 Å². The van der Waals surface area contributed by atoms with Crippen molar-refractivity contribution in [3.63, 3.8) is 0 Å². The van der Waals surface area contributed by atoms with E-state index in [1.165, 1.54) is 5.69 Å². The zero-order valence-electron chi connectivity index (χ0n) is 20.9. The van der Waals surface area contributed by atoms with Gasteiger partial charge in [0.25, 0.3) is 5.91 Å². The van der Waals surface area contributed by atoms with E-state index in [-0.39, 0.29) is 5.91 Å². The van der Waals surface area contributed by atoms with Crippen LogP contribution in [-0.2, 0) is 12.8 Å². The first-order chi connectivity index (χ1) is 17.1. The van der Waals surface area contributed by atoms with Crippen LogP contribution in [0.4, 0.5) is 17.2 Å². The summed E-state index contributed by atoms with van der Waals surface area (Å²) in [6, 6.07) is 18.3. The molecule has 1 saturated heterocycles. The number of benzene rings is 2. The molecule has 0 atom stereocenters. The molecular formula is C28H35N5O2. The molecule has 1 amide bonds. The molecule has 1 aliphatic rings. The van der Waals surface area contributed by atoms with E-state index >= 15 is 0 Å². The van der Waals surface area contributed by atoms with Crippen molar-refractivity contribution in [2.75, 3.05) is 57.1 Å². The molecular weight excluding hydrogens is 438 g/mol. The highest BCUT2D eigenvalue weighted by Gasteiger charge is 2.15. The minimum absolute atomic E-state index is 0.116. The number of anilines is 3. The highest BCUT2D eigenvalue weighted by Crippen LogP contribution is 2.22. The summed E-state index contributed by atoms with van der Waals surface area (Å²) in [4.78, 5) is 21.6. The van der Waals surface area contributed by atoms with Gasteiger partial charge in [0.2, 0.25) is 0 Å². The van der Waals surface area contributed by atoms with Crippen molar-refractivity contribution in [3.8, 4) is 5.75 Å². The number of rotatable bonds is 9. The topological polar surface area (TPSA) is 69.7 Å². The van der Waals surface area contributed by atoms with Gasteiger partial charge in [-0.05, 0) is 79.0 Å². The first kappa shape index (κ1) is 24.5. The van der Waals surface area contributed by atoms with E-state index in [0.29, 0.717) is 11.3 Å². The molecule has 0 unspecified atom stereocenters. The van der Waals surface area contributed by atoms with Crippen LogP contribution in [0.5, 0.6) is 5.75 Å². The Balaban J connectivity index is 1.32. The highest BCUT2D eigenvalue weighted by molar-refractivity contribution is 5.94. The second-order valence-electron chi connectivity index (χ2n) is 8.79. The summed E-state index contributed by atoms with van der Waals surface area (Å²) in [6.07, 6.45) is 3.53. The average Bonchev–Trinajstić information content (AvgIpc) is 2.92. The molecule has 3 aromatic rings. The van der Waals surface area contributed by atoms with Gasteiger partial charge in [0, 0.05) is 56.4 Å². The maximum absolute atomic E-state index is 12.0. The summed E-state index contributed by atoms with van der Waals surface area (Å²) < 4.78 is 5.36. The maximum atomic E-state index is 12.0. The normalized spacial score (nSPS) is 14.0. The molecule has 1 fully saturated rings. The van der Waals surface area contributed by atoms with Gasteiger partial charge in [0.1, 0.15) is 11.6 Å². The fourth-order valence-corrected chi connectivity index (χ4v) is 4.36. The van der Waals surface area contributed by atoms with Crippen molar-refractivity contribution in [1.82, 2.24) is 15.2 Å². The van der Waals surface area contributed by atoms with Crippen LogP contribution >= 0.6 is 0 Å². The zero-order valence-corrected chi connectivity index (χ0v) is 20.9. The molecule has 0 spiro atoms. The number of hydrogen-bond acceptors (Lipinski definition) is 6. The molecule has 2 aromatic carbocycles. The van der Waals surface area contributed by atoms with E-state index in [4.69, 9.17) is 4.74 Å². The number of nitrogens with one attached hydrogen (secondary N) is 2. The second-order valence-corrected chi connectivity index (χ2v) is 8.79. The van der Waals surface area contributed by atoms with Gasteiger partial charge in [-0.25, -0.2) is 4.98 Å². The predicted molar refractivity (Wildman–Crippen MR) is 142 cm³/mol. The lowest BCUT2D eigenvalue weighted by atomic mass is 10.0. The maximum Gasteiger partial charge on any atom is 0.251 e. The number of pyridine rings is 1. The number of nitrogens with zero attached hydrogens (tertiary/aromatic N) is 3. The van der Waals surface area contributed by atoms with Crippen LogP contribution in [0.1, 0.15) is 28.4 Å². The van der Waals surface area contributed by atoms with Crippen molar-refractivity contribution in [2.24, 2.45) is 0 Å². The first-order valence-corrected chi connectivity index (χ1v) is 12.3. The zero-order chi connectivity index (χ0) is 24.6. The number of piperazine rings is 1. The third kappa shape index (κ3) is 6.51. The second kappa shape index (κ2) is 11.7. The van der Waals surface area contributed by atoms with Crippen molar-refractivity contribution in [3.05, 3.63) is 77.5 Å². The van der Waals surface area contributed by atoms with Gasteiger partial charge in [-0.15, -0.1) is 0 Å². The first-order valence-electron chi connectivity index (χ1n) is 12.3. The van der Waals surface area contributed by atoms with Crippen LogP contribution in [0, 0.1) is 0 Å². The summed E-state index contributed by atoms with van der Waals surface area (Å²) in [7, 11) is 3.25. The summed E-state index contributed by atoms with van der Waals surface area (Å²) in [5, 5.41) is 6.06. The molecule has 0 saturated carbocycles. The Bertz CT molecular complexity index is 1110. The van der Waals surface area contributed by atoms with Gasteiger partial charge in [-0.2, -0.15) is 0 Å². The van der Waals surface area contributed by atoms with Crippen LogP contribution in [0.15, 0.2) is 60.8 Å². The van der Waals surface area contributed by atoms with Crippen molar-refractivity contribution in [2.45, 2.75) is 19.8 Å². The summed E-state index contributed by atoms with van der Waals surface area (Å²) in [5.41, 5.74) is 5.10. The number of aromatic nitrogens is 1. The Labute approximate surface area is 208 Å². The van der Waals surface area contributed by atoms with E-state index < -0.39 is 0 Å². The lowest BCUT2D eigenvalue weighted by Crippen LogP contribution is -2.46. The Kier molecular flexibility index (Phi) is 8.21. The molecule has 4 rings (SSSR count). The number of carbonyl (C=O) groups is 1. The van der Waals surface area contributed by atoms with Crippen LogP contribution in [-0.4, -0.2) is 62.7 Å². The van der Waals surface area contributed by atoms with Gasteiger partial charge < -0.3 is 25.2 Å². The molecule has 2 heterocycles. The standard InChI is InChI=1S/C28H35N5O2/c1-4-32-13-15-33(16-14-32)25-10-8-24(9-11-25)31-27-12-7-21(20-30-27)5-6-22-17-23(28(34)29-2)19-26(18-22)35-3/h7-12,17-20H,4-6,13-16H2,1-3H3,(H,29,34)(H,30,31). The van der Waals surface area contributed by atoms with Gasteiger partial charge >= 0.3 is 0 Å². The quantitative estimate of drug-likeness (QED) is 0.487. The van der Waals surface area contributed by atoms with Crippen LogP contribution in [0.25, 0.3) is 0 Å². The third-order valence-corrected chi connectivity index (χ3v) is 6.54. The monoisotopic (exact) mass is 473 g/mol. The third-order valence-electron chi connectivity index (χ3n) is 6.54. The van der Waals surface area contributed by atoms with E-state index in [0.717, 1.165) is 68.2 Å². The molecule has 184 valence electrons. The molecule has 0 bridgehead atoms. The fourth-order valence-electron chi connectivity index (χ4n) is 4.36. The molecule has 0 aliphatic carbocycles. The number of hydrogen-bond donors (Lipinski definition) is 2. The number of methoxy groups -OCH3 is 1. The molecule has 1 aliphatic heterocycles. The average molecular weight is 474 g/mol. The molecule has 7 heteroatoms. The molecule has 35 heavy (non-hydrogen) atoms. The molecule has 2 N–H and O–H groups in total. The lowest BCUT2D eigenvalue weighted by molar-refractivity contribution is 0.0962. The molecule has 1 aromatic heterocycles. The number of ether oxygens (including phenoxy) is 1. The van der Waals surface area contributed by atoms with Crippen molar-refractivity contribution >= 4 is 23.1 Å².